The van der Waals surface area contributed by atoms with Gasteiger partial charge in [0.2, 0.25) is 0 Å². The second-order valence-electron chi connectivity index (χ2n) is 5.87. The Bertz CT molecular complexity index is 944. The van der Waals surface area contributed by atoms with Gasteiger partial charge in [0.1, 0.15) is 5.82 Å². The van der Waals surface area contributed by atoms with Crippen molar-refractivity contribution >= 4 is 29.0 Å². The van der Waals surface area contributed by atoms with Crippen LogP contribution in [0.25, 0.3) is 5.69 Å². The molecular weight excluding hydrogens is 350 g/mol. The van der Waals surface area contributed by atoms with Crippen molar-refractivity contribution in [3.8, 4) is 5.69 Å². The van der Waals surface area contributed by atoms with Crippen molar-refractivity contribution in [1.29, 1.82) is 0 Å². The highest BCUT2D eigenvalue weighted by molar-refractivity contribution is 7.12. The molecule has 0 atom stereocenters. The van der Waals surface area contributed by atoms with Crippen LogP contribution in [0.4, 0.5) is 5.82 Å². The quantitative estimate of drug-likeness (QED) is 0.697. The van der Waals surface area contributed by atoms with Gasteiger partial charge in [-0.25, -0.2) is 9.48 Å². The molecule has 0 fully saturated rings. The second-order valence-corrected chi connectivity index (χ2v) is 7.33. The number of hydrogen-bond acceptors (Lipinski definition) is 5. The van der Waals surface area contributed by atoms with Crippen LogP contribution < -0.4 is 5.32 Å². The molecule has 3 rings (SSSR count). The largest absolute Gasteiger partial charge is 0.452 e. The Hall–Kier alpha value is -2.93. The molecule has 0 unspecified atom stereocenters. The lowest BCUT2D eigenvalue weighted by Crippen LogP contribution is -2.22. The Kier molecular flexibility index (Phi) is 5.18. The molecule has 0 spiro atoms. The van der Waals surface area contributed by atoms with Crippen LogP contribution in [-0.4, -0.2) is 28.3 Å². The molecule has 2 heterocycles. The number of carbonyl (C=O) groups is 2. The number of aryl methyl sites for hydroxylation is 3. The molecule has 0 radical (unpaired) electrons. The van der Waals surface area contributed by atoms with Gasteiger partial charge in [0.15, 0.2) is 6.61 Å². The first-order valence-corrected chi connectivity index (χ1v) is 8.92. The summed E-state index contributed by atoms with van der Waals surface area (Å²) < 4.78 is 6.77. The van der Waals surface area contributed by atoms with Gasteiger partial charge in [-0.05, 0) is 39.0 Å². The maximum atomic E-state index is 12.2. The molecule has 7 heteroatoms. The van der Waals surface area contributed by atoms with E-state index in [9.17, 15) is 9.59 Å². The van der Waals surface area contributed by atoms with E-state index in [1.165, 1.54) is 11.3 Å². The monoisotopic (exact) mass is 369 g/mol. The van der Waals surface area contributed by atoms with Crippen LogP contribution in [-0.2, 0) is 9.53 Å². The highest BCUT2D eigenvalue weighted by Crippen LogP contribution is 2.21. The normalized spacial score (nSPS) is 10.6. The molecular formula is C19H19N3O3S. The van der Waals surface area contributed by atoms with Gasteiger partial charge in [0.25, 0.3) is 5.91 Å². The van der Waals surface area contributed by atoms with E-state index in [1.807, 2.05) is 51.1 Å². The summed E-state index contributed by atoms with van der Waals surface area (Å²) in [5.41, 5.74) is 2.10. The summed E-state index contributed by atoms with van der Waals surface area (Å²) in [6.07, 6.45) is 0. The van der Waals surface area contributed by atoms with Crippen LogP contribution in [0, 0.1) is 20.8 Å². The summed E-state index contributed by atoms with van der Waals surface area (Å²) in [5.74, 6) is -0.382. The lowest BCUT2D eigenvalue weighted by atomic mass is 10.2. The molecule has 6 nitrogen and oxygen atoms in total. The molecule has 3 aromatic rings. The number of nitrogens with one attached hydrogen (secondary N) is 1. The topological polar surface area (TPSA) is 73.2 Å². The number of hydrogen-bond donors (Lipinski definition) is 1. The number of rotatable bonds is 5. The number of esters is 1. The maximum absolute atomic E-state index is 12.2. The van der Waals surface area contributed by atoms with Crippen LogP contribution in [0.15, 0.2) is 42.5 Å². The predicted octanol–water partition coefficient (Wildman–Crippen LogP) is 3.65. The van der Waals surface area contributed by atoms with Crippen molar-refractivity contribution < 1.29 is 14.3 Å². The van der Waals surface area contributed by atoms with E-state index < -0.39 is 11.9 Å². The van der Waals surface area contributed by atoms with Gasteiger partial charge < -0.3 is 10.1 Å². The molecule has 0 bridgehead atoms. The number of anilines is 1. The molecule has 1 N–H and O–H groups in total. The number of aromatic nitrogens is 2. The average molecular weight is 369 g/mol. The Balaban J connectivity index is 1.66. The molecule has 0 saturated carbocycles. The number of benzene rings is 1. The van der Waals surface area contributed by atoms with E-state index in [4.69, 9.17) is 4.74 Å². The number of amides is 1. The summed E-state index contributed by atoms with van der Waals surface area (Å²) >= 11 is 1.52. The number of para-hydroxylation sites is 1. The number of thiophene rings is 1. The van der Waals surface area contributed by atoms with Gasteiger partial charge in [-0.2, -0.15) is 5.10 Å². The Morgan fingerprint density at radius 3 is 2.54 bits per heavy atom. The summed E-state index contributed by atoms with van der Waals surface area (Å²) in [6.45, 7) is 5.27. The van der Waals surface area contributed by atoms with Crippen LogP contribution in [0.3, 0.4) is 0 Å². The highest BCUT2D eigenvalue weighted by atomic mass is 32.1. The van der Waals surface area contributed by atoms with Gasteiger partial charge in [0.05, 0.1) is 16.9 Å². The minimum absolute atomic E-state index is 0.355. The standard InChI is InChI=1S/C19H19N3O3S/c1-12-9-17(22(21-12)15-7-5-4-6-8-15)20-18(23)11-25-19(24)16-10-13(2)26-14(16)3/h4-10H,11H2,1-3H3,(H,20,23). The zero-order valence-corrected chi connectivity index (χ0v) is 15.6. The molecule has 2 aromatic heterocycles. The van der Waals surface area contributed by atoms with Gasteiger partial charge in [-0.3, -0.25) is 4.79 Å². The molecule has 0 aliphatic carbocycles. The third-order valence-corrected chi connectivity index (χ3v) is 4.66. The first kappa shape index (κ1) is 17.9. The third-order valence-electron chi connectivity index (χ3n) is 3.70. The Labute approximate surface area is 155 Å². The second kappa shape index (κ2) is 7.53. The molecule has 26 heavy (non-hydrogen) atoms. The zero-order chi connectivity index (χ0) is 18.7. The van der Waals surface area contributed by atoms with E-state index in [2.05, 4.69) is 10.4 Å². The number of nitrogens with zero attached hydrogens (tertiary/aromatic N) is 2. The van der Waals surface area contributed by atoms with Gasteiger partial charge in [-0.15, -0.1) is 11.3 Å². The molecule has 1 aromatic carbocycles. The number of ether oxygens (including phenoxy) is 1. The van der Waals surface area contributed by atoms with E-state index in [0.29, 0.717) is 11.4 Å². The van der Waals surface area contributed by atoms with E-state index in [1.54, 1.807) is 16.8 Å². The van der Waals surface area contributed by atoms with Crippen LogP contribution >= 0.6 is 11.3 Å². The molecule has 0 saturated heterocycles. The summed E-state index contributed by atoms with van der Waals surface area (Å²) in [5, 5.41) is 7.13. The predicted molar refractivity (Wildman–Crippen MR) is 101 cm³/mol. The van der Waals surface area contributed by atoms with Crippen LogP contribution in [0.5, 0.6) is 0 Å². The van der Waals surface area contributed by atoms with Crippen molar-refractivity contribution in [2.24, 2.45) is 0 Å². The minimum Gasteiger partial charge on any atom is -0.452 e. The smallest absolute Gasteiger partial charge is 0.339 e. The van der Waals surface area contributed by atoms with E-state index >= 15 is 0 Å². The molecule has 1 amide bonds. The van der Waals surface area contributed by atoms with Crippen LogP contribution in [0.1, 0.15) is 25.8 Å². The van der Waals surface area contributed by atoms with E-state index in [0.717, 1.165) is 21.1 Å². The first-order valence-electron chi connectivity index (χ1n) is 8.10. The zero-order valence-electron chi connectivity index (χ0n) is 14.8. The highest BCUT2D eigenvalue weighted by Gasteiger charge is 2.16. The Morgan fingerprint density at radius 2 is 1.88 bits per heavy atom. The van der Waals surface area contributed by atoms with Crippen molar-refractivity contribution in [1.82, 2.24) is 9.78 Å². The Morgan fingerprint density at radius 1 is 1.15 bits per heavy atom. The molecule has 0 aliphatic heterocycles. The van der Waals surface area contributed by atoms with Crippen molar-refractivity contribution in [3.63, 3.8) is 0 Å². The van der Waals surface area contributed by atoms with Gasteiger partial charge >= 0.3 is 5.97 Å². The molecule has 134 valence electrons. The maximum Gasteiger partial charge on any atom is 0.339 e. The molecule has 0 aliphatic rings. The fourth-order valence-electron chi connectivity index (χ4n) is 2.58. The SMILES string of the molecule is Cc1cc(NC(=O)COC(=O)c2cc(C)sc2C)n(-c2ccccc2)n1. The number of carbonyl (C=O) groups excluding carboxylic acids is 2. The lowest BCUT2D eigenvalue weighted by molar-refractivity contribution is -0.119. The average Bonchev–Trinajstić information content (AvgIpc) is 3.15. The van der Waals surface area contributed by atoms with Gasteiger partial charge in [0, 0.05) is 15.8 Å². The first-order chi connectivity index (χ1) is 12.4. The minimum atomic E-state index is -0.491. The van der Waals surface area contributed by atoms with Crippen molar-refractivity contribution in [3.05, 3.63) is 63.5 Å². The summed E-state index contributed by atoms with van der Waals surface area (Å²) in [7, 11) is 0. The van der Waals surface area contributed by atoms with Crippen molar-refractivity contribution in [2.45, 2.75) is 20.8 Å². The summed E-state index contributed by atoms with van der Waals surface area (Å²) in [4.78, 5) is 26.2. The fourth-order valence-corrected chi connectivity index (χ4v) is 3.49. The third kappa shape index (κ3) is 4.00. The summed E-state index contributed by atoms with van der Waals surface area (Å²) in [6, 6.07) is 13.0. The van der Waals surface area contributed by atoms with Crippen molar-refractivity contribution in [2.75, 3.05) is 11.9 Å². The van der Waals surface area contributed by atoms with Crippen LogP contribution in [0.2, 0.25) is 0 Å². The van der Waals surface area contributed by atoms with E-state index in [-0.39, 0.29) is 6.61 Å². The lowest BCUT2D eigenvalue weighted by Gasteiger charge is -2.09. The fraction of sp³-hybridized carbons (Fsp3) is 0.211. The van der Waals surface area contributed by atoms with Gasteiger partial charge in [-0.1, -0.05) is 18.2 Å².